The van der Waals surface area contributed by atoms with Crippen molar-refractivity contribution in [3.05, 3.63) is 54.1 Å². The van der Waals surface area contributed by atoms with Gasteiger partial charge in [-0.15, -0.1) is 5.10 Å². The van der Waals surface area contributed by atoms with E-state index in [1.807, 2.05) is 6.92 Å². The molecule has 158 valence electrons. The molecule has 1 unspecified atom stereocenters. The lowest BCUT2D eigenvalue weighted by Crippen LogP contribution is -2.24. The number of ether oxygens (including phenoxy) is 1. The minimum absolute atomic E-state index is 0.300. The van der Waals surface area contributed by atoms with Gasteiger partial charge in [0, 0.05) is 0 Å². The van der Waals surface area contributed by atoms with Crippen molar-refractivity contribution in [3.8, 4) is 11.4 Å². The molecule has 0 spiro atoms. The number of nitrogens with zero attached hydrogens (tertiary/aromatic N) is 4. The Labute approximate surface area is 174 Å². The Morgan fingerprint density at radius 3 is 2.63 bits per heavy atom. The monoisotopic (exact) mass is 437 g/mol. The van der Waals surface area contributed by atoms with Crippen molar-refractivity contribution < 1.29 is 22.7 Å². The Bertz CT molecular complexity index is 1030. The Kier molecular flexibility index (Phi) is 6.60. The summed E-state index contributed by atoms with van der Waals surface area (Å²) in [4.78, 5) is 12.5. The number of hydrogen-bond acceptors (Lipinski definition) is 6. The van der Waals surface area contributed by atoms with Gasteiger partial charge < -0.3 is 10.1 Å². The second-order valence-electron chi connectivity index (χ2n) is 6.07. The number of carbonyl (C=O) groups excluding carboxylic acids is 1. The van der Waals surface area contributed by atoms with Gasteiger partial charge in [0.1, 0.15) is 11.4 Å². The van der Waals surface area contributed by atoms with Crippen molar-refractivity contribution in [2.45, 2.75) is 30.4 Å². The average Bonchev–Trinajstić information content (AvgIpc) is 3.16. The number of carbonyl (C=O) groups is 1. The molecule has 3 aromatic rings. The number of nitrogens with one attached hydrogen (secondary N) is 1. The molecule has 1 atom stereocenters. The maximum absolute atomic E-state index is 13.1. The Hall–Kier alpha value is -3.08. The van der Waals surface area contributed by atoms with Crippen LogP contribution in [0.25, 0.3) is 5.69 Å². The third kappa shape index (κ3) is 4.90. The summed E-state index contributed by atoms with van der Waals surface area (Å²) in [7, 11) is 0. The van der Waals surface area contributed by atoms with Crippen molar-refractivity contribution in [3.63, 3.8) is 0 Å². The molecule has 1 amide bonds. The van der Waals surface area contributed by atoms with Crippen LogP contribution in [0.1, 0.15) is 19.4 Å². The lowest BCUT2D eigenvalue weighted by atomic mass is 10.1. The molecule has 1 aromatic heterocycles. The van der Waals surface area contributed by atoms with Crippen molar-refractivity contribution in [1.82, 2.24) is 20.2 Å². The van der Waals surface area contributed by atoms with E-state index in [1.54, 1.807) is 31.2 Å². The fraction of sp³-hybridized carbons (Fsp3) is 0.263. The topological polar surface area (TPSA) is 81.9 Å². The SMILES string of the molecule is CCOc1ccccc1-n1nnnc1SC(C)C(=O)Nc1ccccc1C(F)(F)F. The molecule has 3 rings (SSSR count). The van der Waals surface area contributed by atoms with E-state index in [9.17, 15) is 18.0 Å². The molecule has 2 aromatic carbocycles. The number of amides is 1. The van der Waals surface area contributed by atoms with E-state index in [-0.39, 0.29) is 5.69 Å². The molecule has 0 bridgehead atoms. The first-order chi connectivity index (χ1) is 14.3. The summed E-state index contributed by atoms with van der Waals surface area (Å²) in [5.41, 5.74) is -0.628. The van der Waals surface area contributed by atoms with Crippen molar-refractivity contribution in [2.75, 3.05) is 11.9 Å². The van der Waals surface area contributed by atoms with E-state index in [1.165, 1.54) is 22.9 Å². The van der Waals surface area contributed by atoms with Crippen LogP contribution in [-0.2, 0) is 11.0 Å². The van der Waals surface area contributed by atoms with Gasteiger partial charge in [-0.25, -0.2) is 0 Å². The van der Waals surface area contributed by atoms with E-state index in [0.29, 0.717) is 23.2 Å². The molecule has 7 nitrogen and oxygen atoms in total. The van der Waals surface area contributed by atoms with E-state index >= 15 is 0 Å². The quantitative estimate of drug-likeness (QED) is 0.558. The molecule has 11 heteroatoms. The van der Waals surface area contributed by atoms with Gasteiger partial charge in [0.25, 0.3) is 0 Å². The molecule has 0 aliphatic rings. The third-order valence-electron chi connectivity index (χ3n) is 3.98. The van der Waals surface area contributed by atoms with Gasteiger partial charge in [-0.2, -0.15) is 17.9 Å². The summed E-state index contributed by atoms with van der Waals surface area (Å²) >= 11 is 1.02. The van der Waals surface area contributed by atoms with Gasteiger partial charge in [0.15, 0.2) is 0 Å². The Morgan fingerprint density at radius 1 is 1.20 bits per heavy atom. The van der Waals surface area contributed by atoms with Crippen LogP contribution in [0.2, 0.25) is 0 Å². The van der Waals surface area contributed by atoms with Crippen LogP contribution in [0.4, 0.5) is 18.9 Å². The number of alkyl halides is 3. The van der Waals surface area contributed by atoms with Gasteiger partial charge in [-0.1, -0.05) is 36.0 Å². The van der Waals surface area contributed by atoms with Crippen LogP contribution >= 0.6 is 11.8 Å². The fourth-order valence-corrected chi connectivity index (χ4v) is 3.40. The van der Waals surface area contributed by atoms with Gasteiger partial charge in [-0.05, 0) is 48.5 Å². The molecule has 0 radical (unpaired) electrons. The van der Waals surface area contributed by atoms with Gasteiger partial charge in [0.2, 0.25) is 11.1 Å². The smallest absolute Gasteiger partial charge is 0.418 e. The highest BCUT2D eigenvalue weighted by Gasteiger charge is 2.34. The molecule has 0 saturated heterocycles. The first-order valence-corrected chi connectivity index (χ1v) is 9.83. The van der Waals surface area contributed by atoms with Crippen LogP contribution < -0.4 is 10.1 Å². The predicted octanol–water partition coefficient (Wildman–Crippen LogP) is 4.20. The van der Waals surface area contributed by atoms with E-state index < -0.39 is 22.9 Å². The minimum atomic E-state index is -4.58. The second kappa shape index (κ2) is 9.16. The van der Waals surface area contributed by atoms with Gasteiger partial charge >= 0.3 is 6.18 Å². The van der Waals surface area contributed by atoms with Crippen LogP contribution in [0.3, 0.4) is 0 Å². The number of halogens is 3. The highest BCUT2D eigenvalue weighted by Crippen LogP contribution is 2.35. The molecule has 30 heavy (non-hydrogen) atoms. The minimum Gasteiger partial charge on any atom is -0.492 e. The van der Waals surface area contributed by atoms with E-state index in [2.05, 4.69) is 20.8 Å². The fourth-order valence-electron chi connectivity index (χ4n) is 2.60. The van der Waals surface area contributed by atoms with Crippen LogP contribution in [0.5, 0.6) is 5.75 Å². The van der Waals surface area contributed by atoms with Crippen molar-refractivity contribution >= 4 is 23.4 Å². The normalized spacial score (nSPS) is 12.4. The Morgan fingerprint density at radius 2 is 1.90 bits per heavy atom. The number of anilines is 1. The molecule has 0 saturated carbocycles. The second-order valence-corrected chi connectivity index (χ2v) is 7.37. The summed E-state index contributed by atoms with van der Waals surface area (Å²) in [6, 6.07) is 11.9. The first kappa shape index (κ1) is 21.6. The summed E-state index contributed by atoms with van der Waals surface area (Å²) in [5.74, 6) is -0.0466. The van der Waals surface area contributed by atoms with E-state index in [4.69, 9.17) is 4.74 Å². The third-order valence-corrected chi connectivity index (χ3v) is 5.01. The molecule has 1 N–H and O–H groups in total. The maximum Gasteiger partial charge on any atom is 0.418 e. The number of benzene rings is 2. The van der Waals surface area contributed by atoms with Crippen LogP contribution in [0, 0.1) is 0 Å². The van der Waals surface area contributed by atoms with Crippen LogP contribution in [0.15, 0.2) is 53.7 Å². The predicted molar refractivity (Wildman–Crippen MR) is 106 cm³/mol. The lowest BCUT2D eigenvalue weighted by Gasteiger charge is -2.16. The zero-order valence-corrected chi connectivity index (χ0v) is 16.9. The van der Waals surface area contributed by atoms with Crippen molar-refractivity contribution in [2.24, 2.45) is 0 Å². The largest absolute Gasteiger partial charge is 0.492 e. The standard InChI is InChI=1S/C19H18F3N5O2S/c1-3-29-16-11-7-6-10-15(16)27-18(24-25-26-27)30-12(2)17(28)23-14-9-5-4-8-13(14)19(20,21)22/h4-12H,3H2,1-2H3,(H,23,28). The summed E-state index contributed by atoms with van der Waals surface area (Å²) in [6.45, 7) is 3.85. The molecule has 0 aliphatic heterocycles. The molecular formula is C19H18F3N5O2S. The summed E-state index contributed by atoms with van der Waals surface area (Å²) in [6.07, 6.45) is -4.58. The number of tetrazole rings is 1. The zero-order valence-electron chi connectivity index (χ0n) is 16.1. The number of para-hydroxylation sites is 3. The van der Waals surface area contributed by atoms with Crippen LogP contribution in [-0.4, -0.2) is 38.0 Å². The maximum atomic E-state index is 13.1. The number of aromatic nitrogens is 4. The van der Waals surface area contributed by atoms with Gasteiger partial charge in [-0.3, -0.25) is 4.79 Å². The number of rotatable bonds is 7. The highest BCUT2D eigenvalue weighted by atomic mass is 32.2. The van der Waals surface area contributed by atoms with Crippen molar-refractivity contribution in [1.29, 1.82) is 0 Å². The zero-order chi connectivity index (χ0) is 21.7. The molecular weight excluding hydrogens is 419 g/mol. The number of thioether (sulfide) groups is 1. The molecule has 0 aliphatic carbocycles. The average molecular weight is 437 g/mol. The Balaban J connectivity index is 1.78. The molecule has 0 fully saturated rings. The first-order valence-electron chi connectivity index (χ1n) is 8.95. The highest BCUT2D eigenvalue weighted by molar-refractivity contribution is 8.00. The summed E-state index contributed by atoms with van der Waals surface area (Å²) in [5, 5.41) is 13.4. The summed E-state index contributed by atoms with van der Waals surface area (Å²) < 4.78 is 46.4. The number of hydrogen-bond donors (Lipinski definition) is 1. The molecule has 1 heterocycles. The van der Waals surface area contributed by atoms with Gasteiger partial charge in [0.05, 0.1) is 23.1 Å². The lowest BCUT2D eigenvalue weighted by molar-refractivity contribution is -0.137. The van der Waals surface area contributed by atoms with E-state index in [0.717, 1.165) is 17.8 Å².